The molecule has 0 unspecified atom stereocenters. The van der Waals surface area contributed by atoms with Crippen molar-refractivity contribution in [3.05, 3.63) is 90.5 Å². The van der Waals surface area contributed by atoms with E-state index in [9.17, 15) is 0 Å². The molecule has 1 aromatic rings. The number of nitrogens with one attached hydrogen (secondary N) is 1. The van der Waals surface area contributed by atoms with E-state index in [1.54, 1.807) is 13.2 Å². The highest BCUT2D eigenvalue weighted by Gasteiger charge is 2.09. The first-order valence-corrected chi connectivity index (χ1v) is 8.30. The van der Waals surface area contributed by atoms with E-state index in [2.05, 4.69) is 32.3 Å². The van der Waals surface area contributed by atoms with Crippen LogP contribution in [0.2, 0.25) is 0 Å². The Balaban J connectivity index is 0.00000163. The third kappa shape index (κ3) is 7.19. The SMILES string of the molecule is C=C/C=C(OC)\C(=C/C)N/C(=C/C)C(=C)c1ccccc1.CCC. The molecule has 0 aromatic heterocycles. The van der Waals surface area contributed by atoms with E-state index in [1.165, 1.54) is 6.42 Å². The molecule has 0 aliphatic heterocycles. The van der Waals surface area contributed by atoms with E-state index in [-0.39, 0.29) is 0 Å². The highest BCUT2D eigenvalue weighted by atomic mass is 16.5. The Morgan fingerprint density at radius 3 is 2.04 bits per heavy atom. The van der Waals surface area contributed by atoms with Crippen LogP contribution < -0.4 is 5.32 Å². The zero-order valence-corrected chi connectivity index (χ0v) is 15.7. The molecular formula is C22H31NO. The molecule has 0 spiro atoms. The zero-order valence-electron chi connectivity index (χ0n) is 15.7. The summed E-state index contributed by atoms with van der Waals surface area (Å²) in [5.41, 5.74) is 3.84. The van der Waals surface area contributed by atoms with Gasteiger partial charge in [0.1, 0.15) is 5.76 Å². The summed E-state index contributed by atoms with van der Waals surface area (Å²) in [6, 6.07) is 10.1. The molecule has 0 aliphatic rings. The van der Waals surface area contributed by atoms with Gasteiger partial charge < -0.3 is 10.1 Å². The minimum atomic E-state index is 0.729. The van der Waals surface area contributed by atoms with Crippen molar-refractivity contribution in [1.29, 1.82) is 0 Å². The predicted molar refractivity (Wildman–Crippen MR) is 107 cm³/mol. The third-order valence-electron chi connectivity index (χ3n) is 3.05. The summed E-state index contributed by atoms with van der Waals surface area (Å²) in [6.07, 6.45) is 8.73. The van der Waals surface area contributed by atoms with E-state index in [4.69, 9.17) is 4.74 Å². The van der Waals surface area contributed by atoms with Crippen LogP contribution >= 0.6 is 0 Å². The summed E-state index contributed by atoms with van der Waals surface area (Å²) in [7, 11) is 1.64. The van der Waals surface area contributed by atoms with Crippen LogP contribution in [0.4, 0.5) is 0 Å². The molecule has 0 bridgehead atoms. The molecule has 0 fully saturated rings. The first-order valence-electron chi connectivity index (χ1n) is 8.30. The molecule has 130 valence electrons. The number of allylic oxidation sites excluding steroid dienone is 5. The van der Waals surface area contributed by atoms with Gasteiger partial charge >= 0.3 is 0 Å². The van der Waals surface area contributed by atoms with Crippen LogP contribution in [-0.2, 0) is 4.74 Å². The number of benzene rings is 1. The topological polar surface area (TPSA) is 21.3 Å². The van der Waals surface area contributed by atoms with Crippen molar-refractivity contribution in [2.75, 3.05) is 7.11 Å². The molecule has 1 aromatic carbocycles. The maximum absolute atomic E-state index is 5.38. The number of hydrogen-bond acceptors (Lipinski definition) is 2. The fourth-order valence-corrected chi connectivity index (χ4v) is 1.91. The van der Waals surface area contributed by atoms with Crippen LogP contribution in [0.15, 0.2) is 84.9 Å². The van der Waals surface area contributed by atoms with Gasteiger partial charge in [0, 0.05) is 5.70 Å². The van der Waals surface area contributed by atoms with Crippen LogP contribution in [-0.4, -0.2) is 7.11 Å². The van der Waals surface area contributed by atoms with Crippen LogP contribution in [0, 0.1) is 0 Å². The molecular weight excluding hydrogens is 294 g/mol. The summed E-state index contributed by atoms with van der Waals surface area (Å²) in [5.74, 6) is 0.729. The smallest absolute Gasteiger partial charge is 0.141 e. The lowest BCUT2D eigenvalue weighted by atomic mass is 10.0. The Hall–Kier alpha value is -2.48. The molecule has 1 rings (SSSR count). The van der Waals surface area contributed by atoms with Crippen molar-refractivity contribution in [2.45, 2.75) is 34.1 Å². The van der Waals surface area contributed by atoms with E-state index in [0.717, 1.165) is 28.3 Å². The highest BCUT2D eigenvalue weighted by molar-refractivity contribution is 5.77. The maximum Gasteiger partial charge on any atom is 0.141 e. The molecule has 0 heterocycles. The van der Waals surface area contributed by atoms with E-state index >= 15 is 0 Å². The van der Waals surface area contributed by atoms with Gasteiger partial charge in [-0.05, 0) is 31.1 Å². The fraction of sp³-hybridized carbons (Fsp3) is 0.273. The van der Waals surface area contributed by atoms with E-state index in [1.807, 2.05) is 62.4 Å². The second kappa shape index (κ2) is 13.0. The molecule has 0 saturated carbocycles. The van der Waals surface area contributed by atoms with Gasteiger partial charge in [-0.2, -0.15) is 0 Å². The lowest BCUT2D eigenvalue weighted by molar-refractivity contribution is 0.297. The highest BCUT2D eigenvalue weighted by Crippen LogP contribution is 2.21. The normalized spacial score (nSPS) is 12.0. The Kier molecular flexibility index (Phi) is 11.7. The Morgan fingerprint density at radius 1 is 1.08 bits per heavy atom. The molecule has 0 atom stereocenters. The summed E-state index contributed by atoms with van der Waals surface area (Å²) >= 11 is 0. The van der Waals surface area contributed by atoms with Crippen LogP contribution in [0.3, 0.4) is 0 Å². The Bertz CT molecular complexity index is 592. The number of methoxy groups -OCH3 is 1. The first kappa shape index (κ1) is 21.5. The summed E-state index contributed by atoms with van der Waals surface area (Å²) in [5, 5.41) is 3.37. The quantitative estimate of drug-likeness (QED) is 0.474. The molecule has 0 amide bonds. The minimum Gasteiger partial charge on any atom is -0.495 e. The van der Waals surface area contributed by atoms with Gasteiger partial charge in [-0.1, -0.05) is 82.0 Å². The van der Waals surface area contributed by atoms with E-state index < -0.39 is 0 Å². The average molecular weight is 325 g/mol. The van der Waals surface area contributed by atoms with Gasteiger partial charge in [-0.3, -0.25) is 0 Å². The second-order valence-electron chi connectivity index (χ2n) is 5.05. The van der Waals surface area contributed by atoms with Gasteiger partial charge in [0.15, 0.2) is 0 Å². The molecule has 0 saturated heterocycles. The molecule has 1 N–H and O–H groups in total. The van der Waals surface area contributed by atoms with Crippen LogP contribution in [0.5, 0.6) is 0 Å². The largest absolute Gasteiger partial charge is 0.495 e. The van der Waals surface area contributed by atoms with Crippen molar-refractivity contribution < 1.29 is 4.74 Å². The second-order valence-corrected chi connectivity index (χ2v) is 5.05. The van der Waals surface area contributed by atoms with Gasteiger partial charge in [0.25, 0.3) is 0 Å². The number of hydrogen-bond donors (Lipinski definition) is 1. The predicted octanol–water partition coefficient (Wildman–Crippen LogP) is 6.23. The molecule has 24 heavy (non-hydrogen) atoms. The van der Waals surface area contributed by atoms with Gasteiger partial charge in [-0.15, -0.1) is 0 Å². The number of rotatable bonds is 7. The number of ether oxygens (including phenoxy) is 1. The van der Waals surface area contributed by atoms with Crippen molar-refractivity contribution in [1.82, 2.24) is 5.32 Å². The maximum atomic E-state index is 5.38. The van der Waals surface area contributed by atoms with Crippen molar-refractivity contribution in [3.63, 3.8) is 0 Å². The van der Waals surface area contributed by atoms with Crippen LogP contribution in [0.1, 0.15) is 39.7 Å². The Morgan fingerprint density at radius 2 is 1.62 bits per heavy atom. The monoisotopic (exact) mass is 325 g/mol. The van der Waals surface area contributed by atoms with Gasteiger partial charge in [0.05, 0.1) is 12.8 Å². The third-order valence-corrected chi connectivity index (χ3v) is 3.05. The summed E-state index contributed by atoms with van der Waals surface area (Å²) in [6.45, 7) is 16.1. The molecule has 0 radical (unpaired) electrons. The average Bonchev–Trinajstić information content (AvgIpc) is 2.62. The summed E-state index contributed by atoms with van der Waals surface area (Å²) in [4.78, 5) is 0. The zero-order chi connectivity index (χ0) is 18.4. The lowest BCUT2D eigenvalue weighted by Gasteiger charge is -2.17. The Labute approximate surface area is 147 Å². The van der Waals surface area contributed by atoms with E-state index in [0.29, 0.717) is 0 Å². The minimum absolute atomic E-state index is 0.729. The van der Waals surface area contributed by atoms with Crippen molar-refractivity contribution >= 4 is 5.57 Å². The lowest BCUT2D eigenvalue weighted by Crippen LogP contribution is -2.16. The van der Waals surface area contributed by atoms with Gasteiger partial charge in [0.2, 0.25) is 0 Å². The fourth-order valence-electron chi connectivity index (χ4n) is 1.91. The van der Waals surface area contributed by atoms with Crippen molar-refractivity contribution in [3.8, 4) is 0 Å². The van der Waals surface area contributed by atoms with Crippen molar-refractivity contribution in [2.24, 2.45) is 0 Å². The van der Waals surface area contributed by atoms with Crippen LogP contribution in [0.25, 0.3) is 5.57 Å². The first-order chi connectivity index (χ1) is 11.6. The molecule has 2 heteroatoms. The summed E-state index contributed by atoms with van der Waals surface area (Å²) < 4.78 is 5.38. The standard InChI is InChI=1S/C19H23NO.C3H8/c1-6-12-19(21-5)18(8-3)20-17(7-2)15(4)16-13-10-9-11-14-16;1-3-2/h6-14,20H,1,4H2,2-3,5H3;3H2,1-2H3/b17-7+,18-8+,19-12+;. The molecule has 2 nitrogen and oxygen atoms in total. The molecule has 0 aliphatic carbocycles. The van der Waals surface area contributed by atoms with Gasteiger partial charge in [-0.25, -0.2) is 0 Å².